The summed E-state index contributed by atoms with van der Waals surface area (Å²) in [4.78, 5) is 0. The van der Waals surface area contributed by atoms with Crippen LogP contribution in [0, 0.1) is 5.82 Å². The van der Waals surface area contributed by atoms with Crippen molar-refractivity contribution >= 4 is 0 Å². The van der Waals surface area contributed by atoms with Gasteiger partial charge in [-0.25, -0.2) is 4.39 Å². The minimum atomic E-state index is -0.276. The summed E-state index contributed by atoms with van der Waals surface area (Å²) in [5, 5.41) is 9.78. The summed E-state index contributed by atoms with van der Waals surface area (Å²) in [6.45, 7) is 1.98. The van der Waals surface area contributed by atoms with E-state index in [9.17, 15) is 9.50 Å². The van der Waals surface area contributed by atoms with Crippen molar-refractivity contribution in [1.29, 1.82) is 0 Å². The molecule has 2 atom stereocenters. The molecule has 14 heavy (non-hydrogen) atoms. The zero-order chi connectivity index (χ0) is 10.1. The molecule has 0 bridgehead atoms. The Hall–Kier alpha value is -0.890. The van der Waals surface area contributed by atoms with Gasteiger partial charge in [0.25, 0.3) is 0 Å². The van der Waals surface area contributed by atoms with Crippen molar-refractivity contribution in [3.8, 4) is 0 Å². The summed E-state index contributed by atoms with van der Waals surface area (Å²) in [5.74, 6) is 0.0472. The van der Waals surface area contributed by atoms with Crippen LogP contribution in [0.15, 0.2) is 18.2 Å². The van der Waals surface area contributed by atoms with Gasteiger partial charge in [0.05, 0.1) is 6.10 Å². The molecule has 2 unspecified atom stereocenters. The van der Waals surface area contributed by atoms with Gasteiger partial charge < -0.3 is 5.11 Å². The first-order chi connectivity index (χ1) is 6.72. The standard InChI is InChI=1S/C12H15FO/c1-2-12(14)11-5-3-8-7-9(13)4-6-10(8)11/h4,6-7,11-12,14H,2-3,5H2,1H3. The second-order valence-corrected chi connectivity index (χ2v) is 3.96. The van der Waals surface area contributed by atoms with E-state index >= 15 is 0 Å². The molecule has 0 heterocycles. The molecular weight excluding hydrogens is 179 g/mol. The SMILES string of the molecule is CCC(O)C1CCc2cc(F)ccc21. The molecule has 0 saturated heterocycles. The van der Waals surface area contributed by atoms with Gasteiger partial charge in [0, 0.05) is 5.92 Å². The topological polar surface area (TPSA) is 20.2 Å². The Morgan fingerprint density at radius 1 is 1.57 bits per heavy atom. The van der Waals surface area contributed by atoms with Crippen LogP contribution in [-0.4, -0.2) is 11.2 Å². The predicted octanol–water partition coefficient (Wildman–Crippen LogP) is 2.63. The number of aliphatic hydroxyl groups is 1. The van der Waals surface area contributed by atoms with E-state index in [1.807, 2.05) is 13.0 Å². The lowest BCUT2D eigenvalue weighted by molar-refractivity contribution is 0.139. The molecule has 0 radical (unpaired) electrons. The fourth-order valence-electron chi connectivity index (χ4n) is 2.30. The van der Waals surface area contributed by atoms with Crippen molar-refractivity contribution in [3.05, 3.63) is 35.1 Å². The highest BCUT2D eigenvalue weighted by molar-refractivity contribution is 5.36. The maximum absolute atomic E-state index is 12.9. The molecule has 1 nitrogen and oxygen atoms in total. The molecule has 0 amide bonds. The van der Waals surface area contributed by atoms with E-state index in [1.165, 1.54) is 6.07 Å². The summed E-state index contributed by atoms with van der Waals surface area (Å²) in [5.41, 5.74) is 2.21. The van der Waals surface area contributed by atoms with Crippen LogP contribution in [0.2, 0.25) is 0 Å². The summed E-state index contributed by atoms with van der Waals surface area (Å²) in [6.07, 6.45) is 2.34. The van der Waals surface area contributed by atoms with Gasteiger partial charge >= 0.3 is 0 Å². The van der Waals surface area contributed by atoms with E-state index in [4.69, 9.17) is 0 Å². The lowest BCUT2D eigenvalue weighted by atomic mass is 9.94. The summed E-state index contributed by atoms with van der Waals surface area (Å²) >= 11 is 0. The van der Waals surface area contributed by atoms with Gasteiger partial charge in [0.2, 0.25) is 0 Å². The predicted molar refractivity (Wildman–Crippen MR) is 53.8 cm³/mol. The van der Waals surface area contributed by atoms with E-state index in [-0.39, 0.29) is 17.8 Å². The van der Waals surface area contributed by atoms with Gasteiger partial charge in [-0.1, -0.05) is 13.0 Å². The fraction of sp³-hybridized carbons (Fsp3) is 0.500. The van der Waals surface area contributed by atoms with Crippen LogP contribution < -0.4 is 0 Å². The number of fused-ring (bicyclic) bond motifs is 1. The van der Waals surface area contributed by atoms with E-state index < -0.39 is 0 Å². The molecule has 0 aliphatic heterocycles. The number of rotatable bonds is 2. The molecule has 2 heteroatoms. The van der Waals surface area contributed by atoms with E-state index in [1.54, 1.807) is 6.07 Å². The van der Waals surface area contributed by atoms with E-state index in [0.717, 1.165) is 30.4 Å². The summed E-state index contributed by atoms with van der Waals surface area (Å²) < 4.78 is 12.9. The zero-order valence-corrected chi connectivity index (χ0v) is 8.33. The minimum absolute atomic E-state index is 0.171. The van der Waals surface area contributed by atoms with Crippen LogP contribution in [0.5, 0.6) is 0 Å². The lowest BCUT2D eigenvalue weighted by Crippen LogP contribution is -2.14. The van der Waals surface area contributed by atoms with Crippen molar-refractivity contribution in [2.45, 2.75) is 38.2 Å². The monoisotopic (exact) mass is 194 g/mol. The first-order valence-corrected chi connectivity index (χ1v) is 5.18. The van der Waals surface area contributed by atoms with Gasteiger partial charge in [0.1, 0.15) is 5.82 Å². The largest absolute Gasteiger partial charge is 0.393 e. The first kappa shape index (κ1) is 9.66. The Kier molecular flexibility index (Phi) is 2.55. The van der Waals surface area contributed by atoms with E-state index in [0.29, 0.717) is 0 Å². The average molecular weight is 194 g/mol. The Balaban J connectivity index is 2.31. The number of hydrogen-bond acceptors (Lipinski definition) is 1. The second kappa shape index (κ2) is 3.70. The van der Waals surface area contributed by atoms with Crippen LogP contribution in [0.3, 0.4) is 0 Å². The Morgan fingerprint density at radius 2 is 2.36 bits per heavy atom. The highest BCUT2D eigenvalue weighted by Crippen LogP contribution is 2.36. The smallest absolute Gasteiger partial charge is 0.123 e. The molecule has 0 saturated carbocycles. The van der Waals surface area contributed by atoms with Crippen molar-refractivity contribution in [1.82, 2.24) is 0 Å². The van der Waals surface area contributed by atoms with E-state index in [2.05, 4.69) is 0 Å². The quantitative estimate of drug-likeness (QED) is 0.767. The molecule has 76 valence electrons. The van der Waals surface area contributed by atoms with Gasteiger partial charge in [0.15, 0.2) is 0 Å². The first-order valence-electron chi connectivity index (χ1n) is 5.18. The number of hydrogen-bond donors (Lipinski definition) is 1. The maximum Gasteiger partial charge on any atom is 0.123 e. The molecule has 0 aromatic heterocycles. The molecule has 0 fully saturated rings. The Morgan fingerprint density at radius 3 is 3.07 bits per heavy atom. The maximum atomic E-state index is 12.9. The average Bonchev–Trinajstić information content (AvgIpc) is 2.59. The third-order valence-corrected chi connectivity index (χ3v) is 3.11. The van der Waals surface area contributed by atoms with Gasteiger partial charge in [-0.15, -0.1) is 0 Å². The summed E-state index contributed by atoms with van der Waals surface area (Å²) in [6, 6.07) is 4.90. The third kappa shape index (κ3) is 1.55. The molecule has 0 spiro atoms. The highest BCUT2D eigenvalue weighted by atomic mass is 19.1. The number of aliphatic hydroxyl groups excluding tert-OH is 1. The molecule has 2 rings (SSSR count). The third-order valence-electron chi connectivity index (χ3n) is 3.11. The Labute approximate surface area is 83.6 Å². The van der Waals surface area contributed by atoms with Crippen molar-refractivity contribution < 1.29 is 9.50 Å². The van der Waals surface area contributed by atoms with Crippen molar-refractivity contribution in [2.75, 3.05) is 0 Å². The van der Waals surface area contributed by atoms with Crippen LogP contribution in [-0.2, 0) is 6.42 Å². The van der Waals surface area contributed by atoms with Gasteiger partial charge in [-0.05, 0) is 42.5 Å². The number of benzene rings is 1. The molecule has 1 aliphatic rings. The van der Waals surface area contributed by atoms with Gasteiger partial charge in [-0.3, -0.25) is 0 Å². The Bertz CT molecular complexity index is 335. The van der Waals surface area contributed by atoms with Crippen LogP contribution in [0.1, 0.15) is 36.8 Å². The molecule has 1 aliphatic carbocycles. The van der Waals surface area contributed by atoms with Gasteiger partial charge in [-0.2, -0.15) is 0 Å². The van der Waals surface area contributed by atoms with Crippen LogP contribution in [0.4, 0.5) is 4.39 Å². The molecule has 1 aromatic rings. The lowest BCUT2D eigenvalue weighted by Gasteiger charge is -2.17. The fourth-order valence-corrected chi connectivity index (χ4v) is 2.30. The molecular formula is C12H15FO. The van der Waals surface area contributed by atoms with Crippen LogP contribution in [0.25, 0.3) is 0 Å². The van der Waals surface area contributed by atoms with Crippen LogP contribution >= 0.6 is 0 Å². The second-order valence-electron chi connectivity index (χ2n) is 3.96. The molecule has 1 aromatic carbocycles. The summed E-state index contributed by atoms with van der Waals surface area (Å²) in [7, 11) is 0. The van der Waals surface area contributed by atoms with Crippen molar-refractivity contribution in [3.63, 3.8) is 0 Å². The molecule has 1 N–H and O–H groups in total. The number of aryl methyl sites for hydroxylation is 1. The normalized spacial score (nSPS) is 22.1. The highest BCUT2D eigenvalue weighted by Gasteiger charge is 2.27. The zero-order valence-electron chi connectivity index (χ0n) is 8.33. The van der Waals surface area contributed by atoms with Crippen molar-refractivity contribution in [2.24, 2.45) is 0 Å². The number of halogens is 1. The minimum Gasteiger partial charge on any atom is -0.393 e.